The molecule has 0 aliphatic carbocycles. The van der Waals surface area contributed by atoms with Gasteiger partial charge in [0.25, 0.3) is 0 Å². The number of carbonyl (C=O) groups is 1. The van der Waals surface area contributed by atoms with Gasteiger partial charge < -0.3 is 0 Å². The topological polar surface area (TPSA) is 17.1 Å². The highest BCUT2D eigenvalue weighted by Crippen LogP contribution is 2.17. The molecule has 1 heterocycles. The second kappa shape index (κ2) is 5.97. The van der Waals surface area contributed by atoms with Crippen molar-refractivity contribution in [3.63, 3.8) is 0 Å². The monoisotopic (exact) mass is 210 g/mol. The Morgan fingerprint density at radius 2 is 2.14 bits per heavy atom. The summed E-state index contributed by atoms with van der Waals surface area (Å²) in [4.78, 5) is 12.6. The second-order valence-corrected chi connectivity index (χ2v) is 4.63. The Balaban J connectivity index is 2.29. The van der Waals surface area contributed by atoms with Crippen LogP contribution in [-0.4, -0.2) is 5.78 Å². The van der Waals surface area contributed by atoms with Crippen molar-refractivity contribution in [2.45, 2.75) is 46.0 Å². The average Bonchev–Trinajstić information content (AvgIpc) is 2.59. The molecule has 0 bridgehead atoms. The van der Waals surface area contributed by atoms with Crippen LogP contribution in [0.15, 0.2) is 11.4 Å². The average molecular weight is 210 g/mol. The van der Waals surface area contributed by atoms with E-state index < -0.39 is 0 Å². The van der Waals surface area contributed by atoms with E-state index in [-0.39, 0.29) is 0 Å². The van der Waals surface area contributed by atoms with Crippen molar-refractivity contribution in [2.75, 3.05) is 0 Å². The number of thiophene rings is 1. The van der Waals surface area contributed by atoms with Crippen LogP contribution in [0.2, 0.25) is 0 Å². The molecule has 0 aliphatic rings. The Hall–Kier alpha value is -0.630. The lowest BCUT2D eigenvalue weighted by Crippen LogP contribution is -1.95. The highest BCUT2D eigenvalue weighted by molar-refractivity contribution is 7.12. The summed E-state index contributed by atoms with van der Waals surface area (Å²) in [6.45, 7) is 4.22. The van der Waals surface area contributed by atoms with Gasteiger partial charge in [-0.2, -0.15) is 0 Å². The van der Waals surface area contributed by atoms with Crippen LogP contribution in [0, 0.1) is 6.92 Å². The first kappa shape index (κ1) is 11.4. The molecule has 0 radical (unpaired) electrons. The highest BCUT2D eigenvalue weighted by atomic mass is 32.1. The standard InChI is InChI=1S/C12H18OS/c1-3-4-5-6-7-11(13)12-8-10(2)9-14-12/h8-9H,3-7H2,1-2H3. The first-order valence-corrected chi connectivity index (χ1v) is 6.20. The lowest BCUT2D eigenvalue weighted by Gasteiger charge is -1.97. The summed E-state index contributed by atoms with van der Waals surface area (Å²) in [5.74, 6) is 0.319. The SMILES string of the molecule is CCCCCCC(=O)c1cc(C)cs1. The third-order valence-electron chi connectivity index (χ3n) is 2.26. The quantitative estimate of drug-likeness (QED) is 0.508. The maximum absolute atomic E-state index is 11.6. The molecule has 1 aromatic heterocycles. The van der Waals surface area contributed by atoms with Crippen LogP contribution in [0.25, 0.3) is 0 Å². The Morgan fingerprint density at radius 1 is 1.36 bits per heavy atom. The predicted octanol–water partition coefficient (Wildman–Crippen LogP) is 4.21. The van der Waals surface area contributed by atoms with E-state index in [1.165, 1.54) is 24.8 Å². The first-order valence-electron chi connectivity index (χ1n) is 5.32. The molecular formula is C12H18OS. The van der Waals surface area contributed by atoms with Crippen LogP contribution in [0.4, 0.5) is 0 Å². The fourth-order valence-electron chi connectivity index (χ4n) is 1.41. The van der Waals surface area contributed by atoms with Crippen molar-refractivity contribution in [1.82, 2.24) is 0 Å². The third-order valence-corrected chi connectivity index (χ3v) is 3.35. The Morgan fingerprint density at radius 3 is 2.71 bits per heavy atom. The number of unbranched alkanes of at least 4 members (excludes halogenated alkanes) is 3. The Kier molecular flexibility index (Phi) is 4.88. The maximum Gasteiger partial charge on any atom is 0.172 e. The molecule has 14 heavy (non-hydrogen) atoms. The fraction of sp³-hybridized carbons (Fsp3) is 0.583. The number of hydrogen-bond donors (Lipinski definition) is 0. The molecule has 0 aromatic carbocycles. The zero-order valence-electron chi connectivity index (χ0n) is 9.01. The van der Waals surface area contributed by atoms with E-state index in [2.05, 4.69) is 6.92 Å². The van der Waals surface area contributed by atoms with Gasteiger partial charge in [0.2, 0.25) is 0 Å². The van der Waals surface area contributed by atoms with Crippen LogP contribution in [0.1, 0.15) is 54.3 Å². The lowest BCUT2D eigenvalue weighted by atomic mass is 10.1. The second-order valence-electron chi connectivity index (χ2n) is 3.72. The molecule has 0 aliphatic heterocycles. The van der Waals surface area contributed by atoms with Crippen molar-refractivity contribution in [3.8, 4) is 0 Å². The van der Waals surface area contributed by atoms with Crippen LogP contribution < -0.4 is 0 Å². The third kappa shape index (κ3) is 3.62. The maximum atomic E-state index is 11.6. The van der Waals surface area contributed by atoms with Gasteiger partial charge in [0.1, 0.15) is 0 Å². The minimum Gasteiger partial charge on any atom is -0.293 e. The number of rotatable bonds is 6. The molecule has 1 nitrogen and oxygen atoms in total. The molecule has 0 amide bonds. The minimum atomic E-state index is 0.319. The number of aryl methyl sites for hydroxylation is 1. The van der Waals surface area contributed by atoms with Crippen LogP contribution in [0.3, 0.4) is 0 Å². The van der Waals surface area contributed by atoms with Gasteiger partial charge in [-0.3, -0.25) is 4.79 Å². The Labute approximate surface area is 90.2 Å². The molecule has 0 spiro atoms. The summed E-state index contributed by atoms with van der Waals surface area (Å²) in [5, 5.41) is 2.04. The summed E-state index contributed by atoms with van der Waals surface area (Å²) >= 11 is 1.57. The molecule has 0 saturated carbocycles. The number of carbonyl (C=O) groups excluding carboxylic acids is 1. The van der Waals surface area contributed by atoms with Gasteiger partial charge in [-0.25, -0.2) is 0 Å². The van der Waals surface area contributed by atoms with Crippen molar-refractivity contribution >= 4 is 17.1 Å². The van der Waals surface area contributed by atoms with E-state index in [1.54, 1.807) is 11.3 Å². The first-order chi connectivity index (χ1) is 6.74. The van der Waals surface area contributed by atoms with Gasteiger partial charge in [-0.15, -0.1) is 11.3 Å². The fourth-order valence-corrected chi connectivity index (χ4v) is 2.28. The van der Waals surface area contributed by atoms with E-state index in [1.807, 2.05) is 18.4 Å². The molecule has 1 rings (SSSR count). The molecule has 0 N–H and O–H groups in total. The van der Waals surface area contributed by atoms with E-state index >= 15 is 0 Å². The summed E-state index contributed by atoms with van der Waals surface area (Å²) in [6, 6.07) is 1.99. The molecule has 0 unspecified atom stereocenters. The smallest absolute Gasteiger partial charge is 0.172 e. The number of ketones is 1. The summed E-state index contributed by atoms with van der Waals surface area (Å²) in [7, 11) is 0. The summed E-state index contributed by atoms with van der Waals surface area (Å²) in [6.07, 6.45) is 5.43. The van der Waals surface area contributed by atoms with E-state index in [0.29, 0.717) is 5.78 Å². The lowest BCUT2D eigenvalue weighted by molar-refractivity contribution is 0.0983. The number of Topliss-reactive ketones (excluding diaryl/α,β-unsaturated/α-hetero) is 1. The minimum absolute atomic E-state index is 0.319. The van der Waals surface area contributed by atoms with E-state index in [4.69, 9.17) is 0 Å². The Bertz CT molecular complexity index is 288. The summed E-state index contributed by atoms with van der Waals surface area (Å²) in [5.41, 5.74) is 1.20. The van der Waals surface area contributed by atoms with Crippen molar-refractivity contribution in [1.29, 1.82) is 0 Å². The zero-order valence-corrected chi connectivity index (χ0v) is 9.82. The van der Waals surface area contributed by atoms with Crippen molar-refractivity contribution in [2.24, 2.45) is 0 Å². The zero-order chi connectivity index (χ0) is 10.4. The molecular weight excluding hydrogens is 192 g/mol. The van der Waals surface area contributed by atoms with Gasteiger partial charge >= 0.3 is 0 Å². The molecule has 2 heteroatoms. The number of hydrogen-bond acceptors (Lipinski definition) is 2. The highest BCUT2D eigenvalue weighted by Gasteiger charge is 2.06. The van der Waals surface area contributed by atoms with Gasteiger partial charge in [-0.05, 0) is 30.4 Å². The van der Waals surface area contributed by atoms with E-state index in [0.717, 1.165) is 17.7 Å². The van der Waals surface area contributed by atoms with Crippen molar-refractivity contribution in [3.05, 3.63) is 21.9 Å². The van der Waals surface area contributed by atoms with Gasteiger partial charge in [0.15, 0.2) is 5.78 Å². The largest absolute Gasteiger partial charge is 0.293 e. The van der Waals surface area contributed by atoms with Crippen LogP contribution in [-0.2, 0) is 0 Å². The normalized spacial score (nSPS) is 10.4. The van der Waals surface area contributed by atoms with Crippen LogP contribution >= 0.6 is 11.3 Å². The predicted molar refractivity (Wildman–Crippen MR) is 62.1 cm³/mol. The molecule has 78 valence electrons. The van der Waals surface area contributed by atoms with Crippen LogP contribution in [0.5, 0.6) is 0 Å². The summed E-state index contributed by atoms with van der Waals surface area (Å²) < 4.78 is 0. The van der Waals surface area contributed by atoms with Crippen molar-refractivity contribution < 1.29 is 4.79 Å². The van der Waals surface area contributed by atoms with Gasteiger partial charge in [0, 0.05) is 6.42 Å². The molecule has 0 atom stereocenters. The van der Waals surface area contributed by atoms with Gasteiger partial charge in [0.05, 0.1) is 4.88 Å². The van der Waals surface area contributed by atoms with E-state index in [9.17, 15) is 4.79 Å². The molecule has 1 aromatic rings. The molecule has 0 saturated heterocycles. The molecule has 0 fully saturated rings. The van der Waals surface area contributed by atoms with Gasteiger partial charge in [-0.1, -0.05) is 26.2 Å².